The molecule has 272 valence electrons. The molecular formula is C39H53ClN4O5S. The second-order valence-corrected chi connectivity index (χ2v) is 17.8. The lowest BCUT2D eigenvalue weighted by Gasteiger charge is -2.48. The first kappa shape index (κ1) is 35.8. The van der Waals surface area contributed by atoms with Gasteiger partial charge in [-0.15, -0.1) is 0 Å². The zero-order chi connectivity index (χ0) is 34.8. The van der Waals surface area contributed by atoms with E-state index in [2.05, 4.69) is 31.6 Å². The van der Waals surface area contributed by atoms with E-state index in [9.17, 15) is 13.2 Å². The molecule has 1 N–H and O–H groups in total. The van der Waals surface area contributed by atoms with Crippen LogP contribution in [0, 0.1) is 23.7 Å². The third-order valence-corrected chi connectivity index (χ3v) is 14.3. The van der Waals surface area contributed by atoms with Crippen molar-refractivity contribution in [2.45, 2.75) is 70.3 Å². The number of nitrogens with one attached hydrogen (secondary N) is 1. The van der Waals surface area contributed by atoms with E-state index < -0.39 is 21.2 Å². The van der Waals surface area contributed by atoms with Gasteiger partial charge < -0.3 is 14.4 Å². The van der Waals surface area contributed by atoms with Crippen molar-refractivity contribution >= 4 is 33.2 Å². The maximum Gasteiger partial charge on any atom is 0.264 e. The Morgan fingerprint density at radius 3 is 2.70 bits per heavy atom. The Labute approximate surface area is 303 Å². The van der Waals surface area contributed by atoms with Crippen molar-refractivity contribution in [1.82, 2.24) is 14.5 Å². The molecule has 1 saturated carbocycles. The topological polar surface area (TPSA) is 91.4 Å². The number of rotatable bonds is 2. The predicted octanol–water partition coefficient (Wildman–Crippen LogP) is 5.76. The summed E-state index contributed by atoms with van der Waals surface area (Å²) in [5.41, 5.74) is 3.49. The molecule has 4 aliphatic heterocycles. The minimum Gasteiger partial charge on any atom is -0.487 e. The Balaban J connectivity index is 1.21. The zero-order valence-corrected chi connectivity index (χ0v) is 31.1. The van der Waals surface area contributed by atoms with Crippen LogP contribution in [0.3, 0.4) is 0 Å². The molecule has 4 heterocycles. The summed E-state index contributed by atoms with van der Waals surface area (Å²) in [6.07, 6.45) is 10.5. The first-order chi connectivity index (χ1) is 24.1. The van der Waals surface area contributed by atoms with Gasteiger partial charge in [0.25, 0.3) is 5.91 Å². The van der Waals surface area contributed by atoms with E-state index in [1.165, 1.54) is 18.4 Å². The summed E-state index contributed by atoms with van der Waals surface area (Å²) >= 11 is 6.39. The van der Waals surface area contributed by atoms with Gasteiger partial charge in [-0.1, -0.05) is 36.7 Å². The lowest BCUT2D eigenvalue weighted by Crippen LogP contribution is -2.59. The number of allylic oxidation sites excluding steroid dienone is 1. The van der Waals surface area contributed by atoms with Crippen LogP contribution in [-0.2, 0) is 27.8 Å². The summed E-state index contributed by atoms with van der Waals surface area (Å²) in [6, 6.07) is 11.8. The van der Waals surface area contributed by atoms with Crippen LogP contribution >= 0.6 is 11.6 Å². The molecule has 2 saturated heterocycles. The summed E-state index contributed by atoms with van der Waals surface area (Å²) in [7, 11) is -3.91. The number of carbonyl (C=O) groups excluding carboxylic acids is 1. The number of aryl methyl sites for hydroxylation is 1. The second-order valence-electron chi connectivity index (χ2n) is 15.3. The van der Waals surface area contributed by atoms with Gasteiger partial charge in [0.2, 0.25) is 10.0 Å². The number of sulfonamides is 1. The van der Waals surface area contributed by atoms with E-state index in [1.807, 2.05) is 37.3 Å². The minimum absolute atomic E-state index is 0.153. The molecule has 0 unspecified atom stereocenters. The van der Waals surface area contributed by atoms with Crippen LogP contribution in [0.25, 0.3) is 0 Å². The summed E-state index contributed by atoms with van der Waals surface area (Å²) in [6.45, 7) is 12.6. The fraction of sp³-hybridized carbons (Fsp3) is 0.615. The molecule has 2 aromatic carbocycles. The van der Waals surface area contributed by atoms with Gasteiger partial charge in [-0.25, -0.2) is 13.1 Å². The fourth-order valence-corrected chi connectivity index (χ4v) is 10.1. The number of morpholine rings is 1. The van der Waals surface area contributed by atoms with Gasteiger partial charge in [0.05, 0.1) is 24.2 Å². The van der Waals surface area contributed by atoms with Gasteiger partial charge in [0, 0.05) is 62.4 Å². The highest BCUT2D eigenvalue weighted by molar-refractivity contribution is 7.90. The predicted molar refractivity (Wildman–Crippen MR) is 198 cm³/mol. The average molecular weight is 725 g/mol. The molecule has 11 heteroatoms. The first-order valence-electron chi connectivity index (χ1n) is 18.7. The zero-order valence-electron chi connectivity index (χ0n) is 29.6. The molecule has 5 aliphatic rings. The molecule has 1 amide bonds. The molecule has 7 rings (SSSR count). The smallest absolute Gasteiger partial charge is 0.264 e. The number of nitrogens with zero attached hydrogens (tertiary/aromatic N) is 3. The van der Waals surface area contributed by atoms with Crippen molar-refractivity contribution in [2.75, 3.05) is 63.9 Å². The largest absolute Gasteiger partial charge is 0.487 e. The number of hydrogen-bond acceptors (Lipinski definition) is 8. The number of halogens is 1. The first-order valence-corrected chi connectivity index (χ1v) is 20.6. The maximum atomic E-state index is 13.5. The number of benzene rings is 2. The number of fused-ring (bicyclic) bond motifs is 4. The second kappa shape index (κ2) is 15.5. The van der Waals surface area contributed by atoms with Gasteiger partial charge in [0.15, 0.2) is 0 Å². The molecule has 2 aromatic rings. The van der Waals surface area contributed by atoms with E-state index in [-0.39, 0.29) is 5.92 Å². The molecule has 6 atom stereocenters. The lowest BCUT2D eigenvalue weighted by molar-refractivity contribution is -0.0492. The van der Waals surface area contributed by atoms with Crippen LogP contribution in [0.5, 0.6) is 5.75 Å². The van der Waals surface area contributed by atoms with Crippen LogP contribution in [0.15, 0.2) is 48.6 Å². The van der Waals surface area contributed by atoms with E-state index in [0.717, 1.165) is 94.6 Å². The molecule has 3 fully saturated rings. The molecule has 0 spiro atoms. The van der Waals surface area contributed by atoms with Crippen LogP contribution in [0.4, 0.5) is 5.69 Å². The molecule has 1 aliphatic carbocycles. The standard InChI is InChI=1S/C39H53ClN4O5S/c1-27-6-5-8-31(22-42-16-17-43-18-19-48-26-35(43)24-42)36-13-10-32(36)23-44-15-4-3-7-29-20-34(40)12-9-33(29)25-49-38-14-11-30(21-37(38)44)39(45)41-50(46,47)28(27)2/h5,8-9,11-12,14,20-21,27-28,31-32,35-36H,3-4,6-7,10,13,15-19,22-26H2,1-2H3,(H,41,45)/b8-5+/t27-,28+,31-,32-,35-,36-/m0/s1. The number of anilines is 1. The maximum absolute atomic E-state index is 13.5. The Kier molecular flexibility index (Phi) is 11.1. The van der Waals surface area contributed by atoms with Crippen LogP contribution in [0.1, 0.15) is 67.4 Å². The number of ether oxygens (including phenoxy) is 2. The molecule has 0 aromatic heterocycles. The highest BCUT2D eigenvalue weighted by atomic mass is 35.5. The normalized spacial score (nSPS) is 31.7. The number of piperazine rings is 1. The highest BCUT2D eigenvalue weighted by Gasteiger charge is 2.40. The Morgan fingerprint density at radius 1 is 0.980 bits per heavy atom. The Bertz CT molecular complexity index is 1670. The minimum atomic E-state index is -3.91. The van der Waals surface area contributed by atoms with Crippen molar-refractivity contribution in [3.63, 3.8) is 0 Å². The fourth-order valence-electron chi connectivity index (χ4n) is 8.61. The Morgan fingerprint density at radius 2 is 1.86 bits per heavy atom. The number of hydrogen-bond donors (Lipinski definition) is 1. The highest BCUT2D eigenvalue weighted by Crippen LogP contribution is 2.43. The van der Waals surface area contributed by atoms with Crippen molar-refractivity contribution < 1.29 is 22.7 Å². The SMILES string of the molecule is C[C@@H]1[C@@H](C)C/C=C/[C@@H](CN2CCN3CCOC[C@@H]3C2)[C@@H]2CC[C@H]2CN2CCCCc3cc(Cl)ccc3COc3ccc(cc32)C(=O)NS1(=O)=O. The van der Waals surface area contributed by atoms with Gasteiger partial charge >= 0.3 is 0 Å². The van der Waals surface area contributed by atoms with Crippen LogP contribution in [-0.4, -0.2) is 94.4 Å². The van der Waals surface area contributed by atoms with Gasteiger partial charge in [-0.2, -0.15) is 0 Å². The quantitative estimate of drug-likeness (QED) is 0.391. The van der Waals surface area contributed by atoms with E-state index in [4.69, 9.17) is 21.1 Å². The summed E-state index contributed by atoms with van der Waals surface area (Å²) < 4.78 is 41.8. The number of amides is 1. The summed E-state index contributed by atoms with van der Waals surface area (Å²) in [5, 5.41) is -0.000417. The van der Waals surface area contributed by atoms with Gasteiger partial charge in [-0.3, -0.25) is 14.6 Å². The lowest BCUT2D eigenvalue weighted by atomic mass is 9.66. The van der Waals surface area contributed by atoms with E-state index in [1.54, 1.807) is 13.0 Å². The third-order valence-electron chi connectivity index (χ3n) is 12.1. The average Bonchev–Trinajstić information content (AvgIpc) is 3.12. The monoisotopic (exact) mass is 724 g/mol. The molecule has 2 bridgehead atoms. The number of carbonyl (C=O) groups is 1. The molecule has 50 heavy (non-hydrogen) atoms. The van der Waals surface area contributed by atoms with Crippen molar-refractivity contribution in [3.05, 3.63) is 70.3 Å². The molecular weight excluding hydrogens is 672 g/mol. The van der Waals surface area contributed by atoms with Gasteiger partial charge in [-0.05, 0) is 111 Å². The van der Waals surface area contributed by atoms with Crippen molar-refractivity contribution in [1.29, 1.82) is 0 Å². The van der Waals surface area contributed by atoms with E-state index >= 15 is 0 Å². The third kappa shape index (κ3) is 8.04. The van der Waals surface area contributed by atoms with Gasteiger partial charge in [0.1, 0.15) is 12.4 Å². The molecule has 9 nitrogen and oxygen atoms in total. The summed E-state index contributed by atoms with van der Waals surface area (Å²) in [5.74, 6) is 1.35. The van der Waals surface area contributed by atoms with Crippen molar-refractivity contribution in [2.24, 2.45) is 23.7 Å². The van der Waals surface area contributed by atoms with Crippen LogP contribution < -0.4 is 14.4 Å². The van der Waals surface area contributed by atoms with Crippen molar-refractivity contribution in [3.8, 4) is 5.75 Å². The molecule has 0 radical (unpaired) electrons. The van der Waals surface area contributed by atoms with Crippen LogP contribution in [0.2, 0.25) is 5.02 Å². The summed E-state index contributed by atoms with van der Waals surface area (Å²) in [4.78, 5) is 21.2. The van der Waals surface area contributed by atoms with E-state index in [0.29, 0.717) is 48.1 Å². The Hall–Kier alpha value is -2.63.